The van der Waals surface area contributed by atoms with Gasteiger partial charge >= 0.3 is 0 Å². The van der Waals surface area contributed by atoms with Gasteiger partial charge in [0.15, 0.2) is 0 Å². The maximum Gasteiger partial charge on any atom is 0.243 e. The van der Waals surface area contributed by atoms with Gasteiger partial charge in [0.2, 0.25) is 15.9 Å². The number of amides is 1. The van der Waals surface area contributed by atoms with Crippen molar-refractivity contribution < 1.29 is 22.3 Å². The van der Waals surface area contributed by atoms with Gasteiger partial charge in [-0.3, -0.25) is 4.79 Å². The summed E-state index contributed by atoms with van der Waals surface area (Å²) in [6.07, 6.45) is 0.523. The lowest BCUT2D eigenvalue weighted by Gasteiger charge is -2.36. The minimum Gasteiger partial charge on any atom is -0.494 e. The topological polar surface area (TPSA) is 75.7 Å². The summed E-state index contributed by atoms with van der Waals surface area (Å²) in [4.78, 5) is 12.9. The number of carbonyl (C=O) groups excluding carboxylic acids is 1. The van der Waals surface area contributed by atoms with E-state index in [1.807, 2.05) is 55.5 Å². The molecule has 1 atom stereocenters. The zero-order chi connectivity index (χ0) is 24.1. The molecule has 1 N–H and O–H groups in total. The van der Waals surface area contributed by atoms with E-state index in [0.29, 0.717) is 19.6 Å². The van der Waals surface area contributed by atoms with Crippen molar-refractivity contribution in [3.63, 3.8) is 0 Å². The van der Waals surface area contributed by atoms with Crippen LogP contribution >= 0.6 is 0 Å². The Morgan fingerprint density at radius 3 is 2.47 bits per heavy atom. The predicted octanol–water partition coefficient (Wildman–Crippen LogP) is 4.22. The SMILES string of the molecule is CCOc1ccc(CNC(=O)C[C@@H]2c3ccccc3CCN2S(=O)(=O)c2ccc(F)cc2)cc1. The summed E-state index contributed by atoms with van der Waals surface area (Å²) in [5, 5.41) is 2.90. The first kappa shape index (κ1) is 23.9. The highest BCUT2D eigenvalue weighted by Gasteiger charge is 2.37. The van der Waals surface area contributed by atoms with Crippen LogP contribution in [0.25, 0.3) is 0 Å². The number of hydrogen-bond acceptors (Lipinski definition) is 4. The first-order chi connectivity index (χ1) is 16.4. The minimum atomic E-state index is -3.92. The third-order valence-corrected chi connectivity index (χ3v) is 7.81. The number of nitrogens with zero attached hydrogens (tertiary/aromatic N) is 1. The third kappa shape index (κ3) is 5.29. The summed E-state index contributed by atoms with van der Waals surface area (Å²) < 4.78 is 47.0. The van der Waals surface area contributed by atoms with Crippen LogP contribution in [0.2, 0.25) is 0 Å². The molecule has 0 aliphatic carbocycles. The number of ether oxygens (including phenoxy) is 1. The highest BCUT2D eigenvalue weighted by molar-refractivity contribution is 7.89. The van der Waals surface area contributed by atoms with Crippen LogP contribution < -0.4 is 10.1 Å². The third-order valence-electron chi connectivity index (χ3n) is 5.89. The molecule has 0 radical (unpaired) electrons. The molecule has 34 heavy (non-hydrogen) atoms. The number of halogens is 1. The van der Waals surface area contributed by atoms with Crippen molar-refractivity contribution in [1.29, 1.82) is 0 Å². The summed E-state index contributed by atoms with van der Waals surface area (Å²) in [5.41, 5.74) is 2.75. The number of hydrogen-bond donors (Lipinski definition) is 1. The normalized spacial score (nSPS) is 16.0. The average molecular weight is 483 g/mol. The highest BCUT2D eigenvalue weighted by atomic mass is 32.2. The number of nitrogens with one attached hydrogen (secondary N) is 1. The first-order valence-corrected chi connectivity index (χ1v) is 12.7. The van der Waals surface area contributed by atoms with Crippen LogP contribution in [0.4, 0.5) is 4.39 Å². The number of fused-ring (bicyclic) bond motifs is 1. The minimum absolute atomic E-state index is 0.00748. The zero-order valence-corrected chi connectivity index (χ0v) is 19.7. The second-order valence-electron chi connectivity index (χ2n) is 8.09. The maximum absolute atomic E-state index is 13.4. The molecule has 0 saturated heterocycles. The first-order valence-electron chi connectivity index (χ1n) is 11.2. The second kappa shape index (κ2) is 10.4. The van der Waals surface area contributed by atoms with Gasteiger partial charge < -0.3 is 10.1 Å². The molecule has 0 aromatic heterocycles. The Morgan fingerprint density at radius 2 is 1.76 bits per heavy atom. The van der Waals surface area contributed by atoms with Crippen LogP contribution in [-0.4, -0.2) is 31.8 Å². The lowest BCUT2D eigenvalue weighted by atomic mass is 9.92. The van der Waals surface area contributed by atoms with Crippen molar-refractivity contribution in [3.05, 3.63) is 95.3 Å². The van der Waals surface area contributed by atoms with Gasteiger partial charge in [0.1, 0.15) is 11.6 Å². The summed E-state index contributed by atoms with van der Waals surface area (Å²) >= 11 is 0. The number of sulfonamides is 1. The summed E-state index contributed by atoms with van der Waals surface area (Å²) in [6.45, 7) is 3.06. The van der Waals surface area contributed by atoms with E-state index in [2.05, 4.69) is 5.32 Å². The van der Waals surface area contributed by atoms with Gasteiger partial charge in [-0.2, -0.15) is 4.31 Å². The van der Waals surface area contributed by atoms with Crippen molar-refractivity contribution in [3.8, 4) is 5.75 Å². The lowest BCUT2D eigenvalue weighted by Crippen LogP contribution is -2.42. The van der Waals surface area contributed by atoms with Crippen LogP contribution in [0, 0.1) is 5.82 Å². The van der Waals surface area contributed by atoms with Gasteiger partial charge in [0.05, 0.1) is 17.5 Å². The molecule has 1 heterocycles. The standard InChI is InChI=1S/C26H27FN2O4S/c1-2-33-22-11-7-19(8-12-22)18-28-26(30)17-25-24-6-4-3-5-20(24)15-16-29(25)34(31,32)23-13-9-21(27)10-14-23/h3-14,25H,2,15-18H2,1H3,(H,28,30)/t25-/m1/s1. The van der Waals surface area contributed by atoms with E-state index in [1.165, 1.54) is 16.4 Å². The van der Waals surface area contributed by atoms with E-state index in [0.717, 1.165) is 34.6 Å². The van der Waals surface area contributed by atoms with E-state index in [1.54, 1.807) is 0 Å². The molecule has 0 fully saturated rings. The molecule has 3 aromatic rings. The molecule has 8 heteroatoms. The van der Waals surface area contributed by atoms with Crippen LogP contribution in [0.1, 0.15) is 36.1 Å². The predicted molar refractivity (Wildman–Crippen MR) is 127 cm³/mol. The second-order valence-corrected chi connectivity index (χ2v) is 9.98. The zero-order valence-electron chi connectivity index (χ0n) is 18.9. The Labute approximate surface area is 199 Å². The Morgan fingerprint density at radius 1 is 1.06 bits per heavy atom. The smallest absolute Gasteiger partial charge is 0.243 e. The molecule has 1 aliphatic heterocycles. The Balaban J connectivity index is 1.53. The summed E-state index contributed by atoms with van der Waals surface area (Å²) in [6, 6.07) is 19.2. The van der Waals surface area contributed by atoms with Crippen molar-refractivity contribution >= 4 is 15.9 Å². The number of benzene rings is 3. The van der Waals surface area contributed by atoms with Crippen LogP contribution in [0.5, 0.6) is 5.75 Å². The van der Waals surface area contributed by atoms with Gasteiger partial charge in [0, 0.05) is 19.5 Å². The van der Waals surface area contributed by atoms with Gasteiger partial charge in [-0.1, -0.05) is 36.4 Å². The molecule has 6 nitrogen and oxygen atoms in total. The van der Waals surface area contributed by atoms with Crippen molar-refractivity contribution in [2.45, 2.75) is 37.2 Å². The Bertz CT molecular complexity index is 1240. The molecule has 4 rings (SSSR count). The monoisotopic (exact) mass is 482 g/mol. The van der Waals surface area contributed by atoms with Crippen molar-refractivity contribution in [2.75, 3.05) is 13.2 Å². The van der Waals surface area contributed by atoms with E-state index in [9.17, 15) is 17.6 Å². The van der Waals surface area contributed by atoms with E-state index < -0.39 is 21.9 Å². The number of rotatable bonds is 8. The molecule has 0 spiro atoms. The quantitative estimate of drug-likeness (QED) is 0.522. The fourth-order valence-corrected chi connectivity index (χ4v) is 5.79. The van der Waals surface area contributed by atoms with E-state index >= 15 is 0 Å². The highest BCUT2D eigenvalue weighted by Crippen LogP contribution is 2.36. The molecule has 0 bridgehead atoms. The molecular formula is C26H27FN2O4S. The maximum atomic E-state index is 13.4. The molecule has 1 aliphatic rings. The fraction of sp³-hybridized carbons (Fsp3) is 0.269. The largest absolute Gasteiger partial charge is 0.494 e. The summed E-state index contributed by atoms with van der Waals surface area (Å²) in [7, 11) is -3.92. The van der Waals surface area contributed by atoms with E-state index in [4.69, 9.17) is 4.74 Å². The van der Waals surface area contributed by atoms with Crippen molar-refractivity contribution in [1.82, 2.24) is 9.62 Å². The van der Waals surface area contributed by atoms with E-state index in [-0.39, 0.29) is 23.8 Å². The van der Waals surface area contributed by atoms with Gasteiger partial charge in [-0.05, 0) is 66.4 Å². The fourth-order valence-electron chi connectivity index (χ4n) is 4.19. The molecule has 1 amide bonds. The summed E-state index contributed by atoms with van der Waals surface area (Å²) in [5.74, 6) is 0.00100. The molecule has 178 valence electrons. The van der Waals surface area contributed by atoms with Crippen molar-refractivity contribution in [2.24, 2.45) is 0 Å². The van der Waals surface area contributed by atoms with Gasteiger partial charge in [-0.25, -0.2) is 12.8 Å². The Hall–Kier alpha value is -3.23. The molecular weight excluding hydrogens is 455 g/mol. The number of carbonyl (C=O) groups is 1. The Kier molecular flexibility index (Phi) is 7.29. The average Bonchev–Trinajstić information content (AvgIpc) is 2.84. The molecule has 3 aromatic carbocycles. The molecule has 0 unspecified atom stereocenters. The van der Waals surface area contributed by atoms with Gasteiger partial charge in [-0.15, -0.1) is 0 Å². The van der Waals surface area contributed by atoms with Crippen LogP contribution in [0.15, 0.2) is 77.7 Å². The van der Waals surface area contributed by atoms with Crippen LogP contribution in [-0.2, 0) is 27.8 Å². The lowest BCUT2D eigenvalue weighted by molar-refractivity contribution is -0.122. The van der Waals surface area contributed by atoms with Gasteiger partial charge in [0.25, 0.3) is 0 Å². The van der Waals surface area contributed by atoms with Crippen LogP contribution in [0.3, 0.4) is 0 Å². The molecule has 0 saturated carbocycles.